The summed E-state index contributed by atoms with van der Waals surface area (Å²) >= 11 is 0. The van der Waals surface area contributed by atoms with Crippen LogP contribution in [0.25, 0.3) is 0 Å². The minimum absolute atomic E-state index is 0.111. The largest absolute Gasteiger partial charge is 0.396 e. The Morgan fingerprint density at radius 2 is 2.06 bits per heavy atom. The number of hydrogen-bond acceptors (Lipinski definition) is 3. The van der Waals surface area contributed by atoms with Crippen molar-refractivity contribution >= 4 is 0 Å². The molecule has 3 atom stereocenters. The molecule has 1 fully saturated rings. The molecule has 3 heteroatoms. The highest BCUT2D eigenvalue weighted by molar-refractivity contribution is 4.81. The van der Waals surface area contributed by atoms with E-state index in [0.29, 0.717) is 5.92 Å². The Kier molecular flexibility index (Phi) is 7.09. The van der Waals surface area contributed by atoms with Crippen molar-refractivity contribution in [3.05, 3.63) is 0 Å². The minimum atomic E-state index is -0.111. The van der Waals surface area contributed by atoms with Gasteiger partial charge in [-0.1, -0.05) is 19.8 Å². The van der Waals surface area contributed by atoms with E-state index < -0.39 is 0 Å². The molecular weight excluding hydrogens is 214 g/mol. The number of aliphatic hydroxyl groups is 2. The van der Waals surface area contributed by atoms with Crippen molar-refractivity contribution in [2.75, 3.05) is 26.7 Å². The fourth-order valence-corrected chi connectivity index (χ4v) is 3.04. The summed E-state index contributed by atoms with van der Waals surface area (Å²) in [5, 5.41) is 18.9. The van der Waals surface area contributed by atoms with Crippen molar-refractivity contribution in [1.29, 1.82) is 0 Å². The third-order valence-electron chi connectivity index (χ3n) is 3.99. The van der Waals surface area contributed by atoms with E-state index >= 15 is 0 Å². The van der Waals surface area contributed by atoms with Crippen LogP contribution in [0.1, 0.15) is 45.4 Å². The molecule has 0 radical (unpaired) electrons. The number of rotatable bonds is 7. The molecule has 3 nitrogen and oxygen atoms in total. The minimum Gasteiger partial charge on any atom is -0.396 e. The molecular formula is C14H29NO2. The van der Waals surface area contributed by atoms with E-state index in [-0.39, 0.29) is 12.7 Å². The molecule has 1 rings (SSSR count). The lowest BCUT2D eigenvalue weighted by atomic mass is 9.77. The maximum atomic E-state index is 10.1. The summed E-state index contributed by atoms with van der Waals surface area (Å²) in [6.07, 6.45) is 6.64. The maximum absolute atomic E-state index is 10.1. The number of hydrogen-bond donors (Lipinski definition) is 2. The van der Waals surface area contributed by atoms with E-state index in [1.165, 1.54) is 25.7 Å². The second-order valence-electron chi connectivity index (χ2n) is 5.63. The van der Waals surface area contributed by atoms with Crippen molar-refractivity contribution in [3.8, 4) is 0 Å². The summed E-state index contributed by atoms with van der Waals surface area (Å²) in [4.78, 5) is 2.25. The van der Waals surface area contributed by atoms with Gasteiger partial charge in [0, 0.05) is 19.7 Å². The zero-order chi connectivity index (χ0) is 12.7. The fraction of sp³-hybridized carbons (Fsp3) is 1.00. The van der Waals surface area contributed by atoms with Crippen LogP contribution in [-0.4, -0.2) is 48.0 Å². The lowest BCUT2D eigenvalue weighted by Gasteiger charge is -2.35. The molecule has 1 aliphatic carbocycles. The smallest absolute Gasteiger partial charge is 0.0580 e. The quantitative estimate of drug-likeness (QED) is 0.717. The van der Waals surface area contributed by atoms with Crippen molar-refractivity contribution in [2.45, 2.75) is 51.6 Å². The Hall–Kier alpha value is -0.120. The SMILES string of the molecule is CCCC1CCC(O)C(CN(C)CCCO)C1. The summed E-state index contributed by atoms with van der Waals surface area (Å²) in [6, 6.07) is 0. The van der Waals surface area contributed by atoms with Crippen LogP contribution in [0.15, 0.2) is 0 Å². The van der Waals surface area contributed by atoms with Gasteiger partial charge in [0.25, 0.3) is 0 Å². The summed E-state index contributed by atoms with van der Waals surface area (Å²) in [6.45, 7) is 4.41. The summed E-state index contributed by atoms with van der Waals surface area (Å²) in [5.41, 5.74) is 0. The molecule has 3 unspecified atom stereocenters. The lowest BCUT2D eigenvalue weighted by Crippen LogP contribution is -2.38. The Bertz CT molecular complexity index is 199. The topological polar surface area (TPSA) is 43.7 Å². The first kappa shape index (κ1) is 14.9. The molecule has 0 heterocycles. The molecule has 0 aromatic heterocycles. The van der Waals surface area contributed by atoms with Gasteiger partial charge in [0.2, 0.25) is 0 Å². The normalized spacial score (nSPS) is 29.8. The average Bonchev–Trinajstić information content (AvgIpc) is 2.31. The van der Waals surface area contributed by atoms with Gasteiger partial charge in [-0.2, -0.15) is 0 Å². The second-order valence-corrected chi connectivity index (χ2v) is 5.63. The zero-order valence-electron chi connectivity index (χ0n) is 11.4. The van der Waals surface area contributed by atoms with Crippen molar-refractivity contribution in [1.82, 2.24) is 4.90 Å². The molecule has 0 saturated heterocycles. The van der Waals surface area contributed by atoms with Gasteiger partial charge < -0.3 is 15.1 Å². The van der Waals surface area contributed by atoms with Gasteiger partial charge in [-0.15, -0.1) is 0 Å². The van der Waals surface area contributed by atoms with Gasteiger partial charge in [-0.05, 0) is 44.6 Å². The third-order valence-corrected chi connectivity index (χ3v) is 3.99. The predicted octanol–water partition coefficient (Wildman–Crippen LogP) is 1.88. The van der Waals surface area contributed by atoms with Crippen LogP contribution < -0.4 is 0 Å². The molecule has 0 aliphatic heterocycles. The molecule has 0 aromatic carbocycles. The molecule has 0 aromatic rings. The molecule has 0 amide bonds. The predicted molar refractivity (Wildman–Crippen MR) is 70.9 cm³/mol. The van der Waals surface area contributed by atoms with Gasteiger partial charge >= 0.3 is 0 Å². The molecule has 17 heavy (non-hydrogen) atoms. The van der Waals surface area contributed by atoms with Gasteiger partial charge in [0.1, 0.15) is 0 Å². The van der Waals surface area contributed by atoms with Crippen LogP contribution in [-0.2, 0) is 0 Å². The van der Waals surface area contributed by atoms with Gasteiger partial charge in [0.05, 0.1) is 6.10 Å². The maximum Gasteiger partial charge on any atom is 0.0580 e. The van der Waals surface area contributed by atoms with Crippen LogP contribution in [0.2, 0.25) is 0 Å². The van der Waals surface area contributed by atoms with Gasteiger partial charge in [-0.3, -0.25) is 0 Å². The van der Waals surface area contributed by atoms with E-state index in [1.54, 1.807) is 0 Å². The highest BCUT2D eigenvalue weighted by Gasteiger charge is 2.29. The van der Waals surface area contributed by atoms with Gasteiger partial charge in [-0.25, -0.2) is 0 Å². The summed E-state index contributed by atoms with van der Waals surface area (Å²) < 4.78 is 0. The average molecular weight is 243 g/mol. The number of nitrogens with zero attached hydrogens (tertiary/aromatic N) is 1. The van der Waals surface area contributed by atoms with Crippen LogP contribution in [0.4, 0.5) is 0 Å². The lowest BCUT2D eigenvalue weighted by molar-refractivity contribution is 0.0292. The molecule has 1 saturated carbocycles. The Labute approximate surface area is 106 Å². The van der Waals surface area contributed by atoms with E-state index in [4.69, 9.17) is 5.11 Å². The first-order valence-corrected chi connectivity index (χ1v) is 7.14. The molecule has 1 aliphatic rings. The highest BCUT2D eigenvalue weighted by Crippen LogP contribution is 2.32. The Morgan fingerprint density at radius 3 is 2.71 bits per heavy atom. The Balaban J connectivity index is 2.33. The van der Waals surface area contributed by atoms with Crippen LogP contribution in [0.5, 0.6) is 0 Å². The monoisotopic (exact) mass is 243 g/mol. The zero-order valence-corrected chi connectivity index (χ0v) is 11.4. The van der Waals surface area contributed by atoms with Crippen LogP contribution >= 0.6 is 0 Å². The standard InChI is InChI=1S/C14H29NO2/c1-3-5-12-6-7-14(17)13(10-12)11-15(2)8-4-9-16/h12-14,16-17H,3-11H2,1-2H3. The second kappa shape index (κ2) is 8.06. The van der Waals surface area contributed by atoms with E-state index in [0.717, 1.165) is 31.8 Å². The third kappa shape index (κ3) is 5.36. The van der Waals surface area contributed by atoms with E-state index in [1.807, 2.05) is 0 Å². The first-order valence-electron chi connectivity index (χ1n) is 7.14. The fourth-order valence-electron chi connectivity index (χ4n) is 3.04. The molecule has 0 bridgehead atoms. The van der Waals surface area contributed by atoms with Crippen molar-refractivity contribution < 1.29 is 10.2 Å². The van der Waals surface area contributed by atoms with Crippen molar-refractivity contribution in [2.24, 2.45) is 11.8 Å². The van der Waals surface area contributed by atoms with Gasteiger partial charge in [0.15, 0.2) is 0 Å². The Morgan fingerprint density at radius 1 is 1.29 bits per heavy atom. The van der Waals surface area contributed by atoms with Crippen LogP contribution in [0, 0.1) is 11.8 Å². The molecule has 2 N–H and O–H groups in total. The highest BCUT2D eigenvalue weighted by atomic mass is 16.3. The van der Waals surface area contributed by atoms with Crippen LogP contribution in [0.3, 0.4) is 0 Å². The first-order chi connectivity index (χ1) is 8.17. The summed E-state index contributed by atoms with van der Waals surface area (Å²) in [7, 11) is 2.09. The molecule has 0 spiro atoms. The van der Waals surface area contributed by atoms with E-state index in [2.05, 4.69) is 18.9 Å². The molecule has 102 valence electrons. The van der Waals surface area contributed by atoms with E-state index in [9.17, 15) is 5.11 Å². The van der Waals surface area contributed by atoms with Crippen molar-refractivity contribution in [3.63, 3.8) is 0 Å². The summed E-state index contributed by atoms with van der Waals surface area (Å²) in [5.74, 6) is 1.25. The number of aliphatic hydroxyl groups excluding tert-OH is 2.